The van der Waals surface area contributed by atoms with E-state index in [2.05, 4.69) is 144 Å². The van der Waals surface area contributed by atoms with Crippen molar-refractivity contribution in [1.82, 2.24) is 10.3 Å². The molecule has 1 N–H and O–H groups in total. The van der Waals surface area contributed by atoms with Crippen LogP contribution in [0.15, 0.2) is 140 Å². The number of benzene rings is 5. The molecule has 0 atom stereocenters. The second kappa shape index (κ2) is 9.21. The largest absolute Gasteiger partial charge is 0.380 e. The molecule has 0 saturated carbocycles. The van der Waals surface area contributed by atoms with Gasteiger partial charge in [-0.1, -0.05) is 115 Å². The molecule has 0 fully saturated rings. The van der Waals surface area contributed by atoms with Gasteiger partial charge in [0.05, 0.1) is 11.4 Å². The van der Waals surface area contributed by atoms with Gasteiger partial charge in [0, 0.05) is 12.7 Å². The van der Waals surface area contributed by atoms with Crippen molar-refractivity contribution in [3.8, 4) is 55.6 Å². The van der Waals surface area contributed by atoms with Gasteiger partial charge in [-0.3, -0.25) is 4.98 Å². The molecule has 40 heavy (non-hydrogen) atoms. The van der Waals surface area contributed by atoms with Crippen LogP contribution < -0.4 is 5.32 Å². The van der Waals surface area contributed by atoms with Gasteiger partial charge in [-0.05, 0) is 84.6 Å². The summed E-state index contributed by atoms with van der Waals surface area (Å²) in [4.78, 5) is 4.56. The summed E-state index contributed by atoms with van der Waals surface area (Å²) < 4.78 is 0. The number of fused-ring (bicyclic) bond motifs is 3. The minimum absolute atomic E-state index is 0.835. The Kier molecular flexibility index (Phi) is 5.24. The second-order valence-corrected chi connectivity index (χ2v) is 10.4. The molecule has 0 bridgehead atoms. The van der Waals surface area contributed by atoms with Crippen LogP contribution in [0.25, 0.3) is 72.1 Å². The van der Waals surface area contributed by atoms with E-state index < -0.39 is 0 Å². The van der Waals surface area contributed by atoms with Crippen LogP contribution in [0.2, 0.25) is 0 Å². The summed E-state index contributed by atoms with van der Waals surface area (Å²) in [5, 5.41) is 6.08. The van der Waals surface area contributed by atoms with Crippen LogP contribution in [-0.2, 0) is 0 Å². The SMILES string of the molecule is C1=CCNC(c2cc(-c3ccc(-c4ccc(-c5ccc6c7c(cccc57)-c5ccccc5-6)cc4)cc3)ccn2)=C1. The smallest absolute Gasteiger partial charge is 0.0867 e. The minimum Gasteiger partial charge on any atom is -0.380 e. The highest BCUT2D eigenvalue weighted by Gasteiger charge is 2.22. The second-order valence-electron chi connectivity index (χ2n) is 10.4. The summed E-state index contributed by atoms with van der Waals surface area (Å²) in [6, 6.07) is 42.0. The summed E-state index contributed by atoms with van der Waals surface area (Å²) in [6.45, 7) is 0.835. The maximum atomic E-state index is 4.56. The molecular weight excluding hydrogens is 484 g/mol. The molecule has 2 nitrogen and oxygen atoms in total. The van der Waals surface area contributed by atoms with E-state index in [0.29, 0.717) is 0 Å². The summed E-state index contributed by atoms with van der Waals surface area (Å²) in [7, 11) is 0. The molecule has 0 radical (unpaired) electrons. The van der Waals surface area contributed by atoms with E-state index in [1.165, 1.54) is 66.4 Å². The fourth-order valence-corrected chi connectivity index (χ4v) is 6.15. The van der Waals surface area contributed by atoms with Gasteiger partial charge in [0.1, 0.15) is 0 Å². The van der Waals surface area contributed by atoms with Crippen molar-refractivity contribution >= 4 is 16.5 Å². The molecule has 2 heteroatoms. The third-order valence-corrected chi connectivity index (χ3v) is 8.14. The van der Waals surface area contributed by atoms with Crippen molar-refractivity contribution in [3.05, 3.63) is 145 Å². The first-order chi connectivity index (χ1) is 19.8. The van der Waals surface area contributed by atoms with Crippen molar-refractivity contribution < 1.29 is 0 Å². The van der Waals surface area contributed by atoms with Crippen molar-refractivity contribution in [2.24, 2.45) is 0 Å². The fraction of sp³-hybridized carbons (Fsp3) is 0.0263. The molecular formula is C38H26N2. The Labute approximate surface area is 234 Å². The average molecular weight is 511 g/mol. The maximum absolute atomic E-state index is 4.56. The Bertz CT molecular complexity index is 1950. The molecule has 0 saturated heterocycles. The van der Waals surface area contributed by atoms with Gasteiger partial charge in [-0.15, -0.1) is 0 Å². The van der Waals surface area contributed by atoms with Gasteiger partial charge in [0.15, 0.2) is 0 Å². The van der Waals surface area contributed by atoms with E-state index in [1.807, 2.05) is 6.20 Å². The molecule has 8 rings (SSSR count). The lowest BCUT2D eigenvalue weighted by Crippen LogP contribution is -2.15. The zero-order valence-electron chi connectivity index (χ0n) is 21.9. The maximum Gasteiger partial charge on any atom is 0.0867 e. The quantitative estimate of drug-likeness (QED) is 0.255. The van der Waals surface area contributed by atoms with E-state index >= 15 is 0 Å². The van der Waals surface area contributed by atoms with E-state index in [1.54, 1.807) is 0 Å². The fourth-order valence-electron chi connectivity index (χ4n) is 6.15. The molecule has 188 valence electrons. The summed E-state index contributed by atoms with van der Waals surface area (Å²) in [5.74, 6) is 0. The first-order valence-corrected chi connectivity index (χ1v) is 13.8. The van der Waals surface area contributed by atoms with Crippen molar-refractivity contribution in [2.45, 2.75) is 0 Å². The molecule has 2 heterocycles. The first-order valence-electron chi connectivity index (χ1n) is 13.8. The van der Waals surface area contributed by atoms with Crippen molar-refractivity contribution in [1.29, 1.82) is 0 Å². The van der Waals surface area contributed by atoms with Gasteiger partial charge >= 0.3 is 0 Å². The number of hydrogen-bond acceptors (Lipinski definition) is 2. The van der Waals surface area contributed by atoms with Crippen LogP contribution in [0.3, 0.4) is 0 Å². The molecule has 0 unspecified atom stereocenters. The summed E-state index contributed by atoms with van der Waals surface area (Å²) in [6.07, 6.45) is 8.14. The van der Waals surface area contributed by atoms with Gasteiger partial charge in [-0.25, -0.2) is 0 Å². The third kappa shape index (κ3) is 3.69. The predicted octanol–water partition coefficient (Wildman–Crippen LogP) is 9.38. The Balaban J connectivity index is 1.10. The molecule has 1 aromatic heterocycles. The highest BCUT2D eigenvalue weighted by atomic mass is 14.9. The Hall–Kier alpha value is -5.21. The number of pyridine rings is 1. The molecule has 1 aliphatic heterocycles. The van der Waals surface area contributed by atoms with E-state index in [-0.39, 0.29) is 0 Å². The number of hydrogen-bond donors (Lipinski definition) is 1. The lowest BCUT2D eigenvalue weighted by Gasteiger charge is -2.13. The number of dihydropyridines is 1. The van der Waals surface area contributed by atoms with E-state index in [0.717, 1.165) is 17.9 Å². The third-order valence-electron chi connectivity index (χ3n) is 8.14. The monoisotopic (exact) mass is 510 g/mol. The van der Waals surface area contributed by atoms with Crippen LogP contribution in [-0.4, -0.2) is 11.5 Å². The number of allylic oxidation sites excluding steroid dienone is 2. The van der Waals surface area contributed by atoms with Crippen LogP contribution in [0, 0.1) is 0 Å². The van der Waals surface area contributed by atoms with Crippen LogP contribution in [0.5, 0.6) is 0 Å². The molecule has 5 aromatic carbocycles. The number of aromatic nitrogens is 1. The lowest BCUT2D eigenvalue weighted by atomic mass is 9.93. The minimum atomic E-state index is 0.835. The van der Waals surface area contributed by atoms with Gasteiger partial charge in [0.2, 0.25) is 0 Å². The Morgan fingerprint density at radius 1 is 0.525 bits per heavy atom. The average Bonchev–Trinajstić information content (AvgIpc) is 3.37. The van der Waals surface area contributed by atoms with Crippen molar-refractivity contribution in [2.75, 3.05) is 6.54 Å². The summed E-state index contributed by atoms with van der Waals surface area (Å²) in [5.41, 5.74) is 14.7. The summed E-state index contributed by atoms with van der Waals surface area (Å²) >= 11 is 0. The van der Waals surface area contributed by atoms with Gasteiger partial charge < -0.3 is 5.32 Å². The number of nitrogens with zero attached hydrogens (tertiary/aromatic N) is 1. The lowest BCUT2D eigenvalue weighted by molar-refractivity contribution is 0.981. The van der Waals surface area contributed by atoms with Gasteiger partial charge in [-0.2, -0.15) is 0 Å². The number of rotatable bonds is 4. The normalized spacial score (nSPS) is 13.2. The Morgan fingerprint density at radius 2 is 1.15 bits per heavy atom. The molecule has 1 aliphatic carbocycles. The first kappa shape index (κ1) is 22.7. The van der Waals surface area contributed by atoms with Crippen LogP contribution >= 0.6 is 0 Å². The zero-order chi connectivity index (χ0) is 26.5. The molecule has 6 aromatic rings. The van der Waals surface area contributed by atoms with Crippen LogP contribution in [0.4, 0.5) is 0 Å². The van der Waals surface area contributed by atoms with E-state index in [4.69, 9.17) is 0 Å². The van der Waals surface area contributed by atoms with Crippen molar-refractivity contribution in [3.63, 3.8) is 0 Å². The highest BCUT2D eigenvalue weighted by molar-refractivity contribution is 6.18. The van der Waals surface area contributed by atoms with Gasteiger partial charge in [0.25, 0.3) is 0 Å². The van der Waals surface area contributed by atoms with Crippen LogP contribution in [0.1, 0.15) is 5.69 Å². The molecule has 2 aliphatic rings. The Morgan fingerprint density at radius 3 is 1.85 bits per heavy atom. The molecule has 0 amide bonds. The standard InChI is InChI=1S/C38H26N2/c1-2-7-32-31(6-1)34-9-5-8-33-30(19-20-35(32)38(33)34)28-17-15-26(16-18-28)25-11-13-27(14-12-25)29-21-23-40-37(24-29)36-10-3-4-22-39-36/h1-21,23-24,39H,22H2. The number of nitrogens with one attached hydrogen (secondary N) is 1. The predicted molar refractivity (Wildman–Crippen MR) is 168 cm³/mol. The topological polar surface area (TPSA) is 24.9 Å². The molecule has 0 spiro atoms. The zero-order valence-corrected chi connectivity index (χ0v) is 21.9. The highest BCUT2D eigenvalue weighted by Crippen LogP contribution is 2.49. The van der Waals surface area contributed by atoms with E-state index in [9.17, 15) is 0 Å².